The molecule has 0 aliphatic heterocycles. The van der Waals surface area contributed by atoms with Crippen LogP contribution in [0.1, 0.15) is 71.1 Å². The van der Waals surface area contributed by atoms with E-state index in [-0.39, 0.29) is 12.9 Å². The van der Waals surface area contributed by atoms with Gasteiger partial charge in [-0.05, 0) is 6.42 Å². The third-order valence-electron chi connectivity index (χ3n) is 3.07. The minimum absolute atomic E-state index is 0.139. The second-order valence-corrected chi connectivity index (χ2v) is 5.02. The lowest BCUT2D eigenvalue weighted by atomic mass is 10.1. The molecule has 0 atom stereocenters. The maximum Gasteiger partial charge on any atom is 0.446 e. The summed E-state index contributed by atoms with van der Waals surface area (Å²) in [6.07, 6.45) is 6.65. The molecular formula is C15H26F4O. The summed E-state index contributed by atoms with van der Waals surface area (Å²) >= 11 is 0. The first-order valence-electron chi connectivity index (χ1n) is 7.53. The molecule has 0 bridgehead atoms. The molecule has 0 aliphatic rings. The fraction of sp³-hybridized carbons (Fsp3) is 0.867. The molecular weight excluding hydrogens is 272 g/mol. The molecule has 0 spiro atoms. The van der Waals surface area contributed by atoms with E-state index in [9.17, 15) is 17.6 Å². The first-order valence-corrected chi connectivity index (χ1v) is 7.53. The Kier molecular flexibility index (Phi) is 11.6. The Bertz CT molecular complexity index is 249. The van der Waals surface area contributed by atoms with Gasteiger partial charge in [0.2, 0.25) is 5.83 Å². The van der Waals surface area contributed by atoms with Crippen molar-refractivity contribution >= 4 is 0 Å². The summed E-state index contributed by atoms with van der Waals surface area (Å²) in [5.41, 5.74) is 0. The third kappa shape index (κ3) is 12.3. The van der Waals surface area contributed by atoms with Crippen LogP contribution < -0.4 is 0 Å². The van der Waals surface area contributed by atoms with Crippen LogP contribution in [0.2, 0.25) is 0 Å². The highest BCUT2D eigenvalue weighted by Crippen LogP contribution is 2.26. The molecule has 0 rings (SSSR count). The van der Waals surface area contributed by atoms with Gasteiger partial charge in [0, 0.05) is 0 Å². The second kappa shape index (κ2) is 12.0. The van der Waals surface area contributed by atoms with Crippen molar-refractivity contribution in [1.29, 1.82) is 0 Å². The monoisotopic (exact) mass is 298 g/mol. The van der Waals surface area contributed by atoms with Crippen molar-refractivity contribution in [3.8, 4) is 0 Å². The quantitative estimate of drug-likeness (QED) is 0.233. The van der Waals surface area contributed by atoms with E-state index >= 15 is 0 Å². The largest absolute Gasteiger partial charge is 0.498 e. The van der Waals surface area contributed by atoms with E-state index in [2.05, 4.69) is 11.7 Å². The molecule has 20 heavy (non-hydrogen) atoms. The zero-order chi connectivity index (χ0) is 15.3. The molecule has 5 heteroatoms. The van der Waals surface area contributed by atoms with E-state index in [1.165, 1.54) is 38.5 Å². The lowest BCUT2D eigenvalue weighted by Gasteiger charge is -2.04. The first-order chi connectivity index (χ1) is 9.48. The van der Waals surface area contributed by atoms with Crippen molar-refractivity contribution in [3.05, 3.63) is 12.1 Å². The number of unbranched alkanes of at least 4 members (excludes halogenated alkanes) is 9. The van der Waals surface area contributed by atoms with E-state index in [1.54, 1.807) is 0 Å². The normalized spacial score (nSPS) is 12.8. The highest BCUT2D eigenvalue weighted by molar-refractivity contribution is 4.93. The molecule has 0 aromatic heterocycles. The van der Waals surface area contributed by atoms with Crippen molar-refractivity contribution in [3.63, 3.8) is 0 Å². The summed E-state index contributed by atoms with van der Waals surface area (Å²) in [5, 5.41) is 0. The first kappa shape index (κ1) is 19.3. The number of halogens is 4. The smallest absolute Gasteiger partial charge is 0.446 e. The van der Waals surface area contributed by atoms with E-state index in [1.807, 2.05) is 0 Å². The van der Waals surface area contributed by atoms with Gasteiger partial charge in [0.1, 0.15) is 6.26 Å². The molecule has 0 heterocycles. The van der Waals surface area contributed by atoms with Gasteiger partial charge >= 0.3 is 6.18 Å². The lowest BCUT2D eigenvalue weighted by Crippen LogP contribution is -2.08. The Morgan fingerprint density at radius 2 is 1.30 bits per heavy atom. The van der Waals surface area contributed by atoms with Crippen LogP contribution in [0.25, 0.3) is 0 Å². The summed E-state index contributed by atoms with van der Waals surface area (Å²) in [6.45, 7) is 2.33. The molecule has 120 valence electrons. The fourth-order valence-corrected chi connectivity index (χ4v) is 1.87. The van der Waals surface area contributed by atoms with E-state index in [4.69, 9.17) is 0 Å². The van der Waals surface area contributed by atoms with Gasteiger partial charge in [-0.25, -0.2) is 0 Å². The minimum Gasteiger partial charge on any atom is -0.498 e. The molecule has 0 radical (unpaired) electrons. The van der Waals surface area contributed by atoms with Crippen LogP contribution in [-0.2, 0) is 4.74 Å². The van der Waals surface area contributed by atoms with Crippen LogP contribution in [0.5, 0.6) is 0 Å². The van der Waals surface area contributed by atoms with E-state index < -0.39 is 12.0 Å². The molecule has 0 saturated heterocycles. The van der Waals surface area contributed by atoms with Gasteiger partial charge in [-0.1, -0.05) is 64.7 Å². The second-order valence-electron chi connectivity index (χ2n) is 5.02. The lowest BCUT2D eigenvalue weighted by molar-refractivity contribution is -0.111. The number of hydrogen-bond acceptors (Lipinski definition) is 1. The summed E-state index contributed by atoms with van der Waals surface area (Å²) in [4.78, 5) is 0. The maximum atomic E-state index is 12.3. The third-order valence-corrected chi connectivity index (χ3v) is 3.07. The van der Waals surface area contributed by atoms with Crippen molar-refractivity contribution in [2.75, 3.05) is 6.61 Å². The highest BCUT2D eigenvalue weighted by atomic mass is 19.4. The summed E-state index contributed by atoms with van der Waals surface area (Å²) < 4.78 is 52.1. The fourth-order valence-electron chi connectivity index (χ4n) is 1.87. The van der Waals surface area contributed by atoms with Crippen LogP contribution in [0, 0.1) is 0 Å². The summed E-state index contributed by atoms with van der Waals surface area (Å²) in [7, 11) is 0. The SMILES string of the molecule is CCCCCCCCCCCCO/C=C(/F)C(F)(F)F. The highest BCUT2D eigenvalue weighted by Gasteiger charge is 2.35. The van der Waals surface area contributed by atoms with Gasteiger partial charge in [0.05, 0.1) is 6.61 Å². The number of allylic oxidation sites excluding steroid dienone is 1. The van der Waals surface area contributed by atoms with Gasteiger partial charge in [0.25, 0.3) is 0 Å². The number of ether oxygens (including phenoxy) is 1. The average Bonchev–Trinajstić information content (AvgIpc) is 2.38. The Morgan fingerprint density at radius 3 is 1.75 bits per heavy atom. The summed E-state index contributed by atoms with van der Waals surface area (Å²) in [5.74, 6) is -2.18. The molecule has 0 unspecified atom stereocenters. The molecule has 0 fully saturated rings. The molecule has 0 N–H and O–H groups in total. The number of hydrogen-bond donors (Lipinski definition) is 0. The van der Waals surface area contributed by atoms with Gasteiger partial charge in [-0.15, -0.1) is 0 Å². The van der Waals surface area contributed by atoms with Crippen molar-refractivity contribution in [2.24, 2.45) is 0 Å². The standard InChI is InChI=1S/C15H26F4O/c1-2-3-4-5-6-7-8-9-10-11-12-20-13-14(16)15(17,18)19/h13H,2-12H2,1H3/b14-13+. The topological polar surface area (TPSA) is 9.23 Å². The van der Waals surface area contributed by atoms with Gasteiger partial charge < -0.3 is 4.74 Å². The number of rotatable bonds is 12. The van der Waals surface area contributed by atoms with Crippen LogP contribution in [0.3, 0.4) is 0 Å². The maximum absolute atomic E-state index is 12.3. The molecule has 1 nitrogen and oxygen atoms in total. The van der Waals surface area contributed by atoms with Crippen LogP contribution in [0.4, 0.5) is 17.6 Å². The van der Waals surface area contributed by atoms with E-state index in [0.29, 0.717) is 6.42 Å². The Hall–Kier alpha value is -0.740. The van der Waals surface area contributed by atoms with Crippen molar-refractivity contribution < 1.29 is 22.3 Å². The molecule has 0 amide bonds. The molecule has 0 aromatic carbocycles. The Balaban J connectivity index is 3.25. The van der Waals surface area contributed by atoms with Gasteiger partial charge in [-0.2, -0.15) is 17.6 Å². The predicted octanol–water partition coefficient (Wildman–Crippen LogP) is 6.30. The van der Waals surface area contributed by atoms with Crippen molar-refractivity contribution in [1.82, 2.24) is 0 Å². The zero-order valence-corrected chi connectivity index (χ0v) is 12.3. The van der Waals surface area contributed by atoms with Gasteiger partial charge in [0.15, 0.2) is 0 Å². The van der Waals surface area contributed by atoms with Crippen LogP contribution in [-0.4, -0.2) is 12.8 Å². The molecule has 0 saturated carbocycles. The average molecular weight is 298 g/mol. The molecule has 0 aliphatic carbocycles. The van der Waals surface area contributed by atoms with Crippen molar-refractivity contribution in [2.45, 2.75) is 77.3 Å². The minimum atomic E-state index is -4.93. The van der Waals surface area contributed by atoms with Gasteiger partial charge in [-0.3, -0.25) is 0 Å². The molecule has 0 aromatic rings. The Labute approximate surface area is 119 Å². The number of alkyl halides is 3. The van der Waals surface area contributed by atoms with Crippen LogP contribution >= 0.6 is 0 Å². The zero-order valence-electron chi connectivity index (χ0n) is 12.3. The Morgan fingerprint density at radius 1 is 0.850 bits per heavy atom. The predicted molar refractivity (Wildman–Crippen MR) is 73.0 cm³/mol. The summed E-state index contributed by atoms with van der Waals surface area (Å²) in [6, 6.07) is 0. The van der Waals surface area contributed by atoms with E-state index in [0.717, 1.165) is 19.3 Å². The van der Waals surface area contributed by atoms with Crippen LogP contribution in [0.15, 0.2) is 12.1 Å².